The average molecular weight is 683 g/mol. The third-order valence-electron chi connectivity index (χ3n) is 9.86. The molecule has 4 aromatic heterocycles. The highest BCUT2D eigenvalue weighted by Crippen LogP contribution is 2.42. The van der Waals surface area contributed by atoms with Crippen LogP contribution in [0.25, 0.3) is 104 Å². The summed E-state index contributed by atoms with van der Waals surface area (Å²) in [5.74, 6) is 2.26. The molecule has 6 nitrogen and oxygen atoms in total. The Morgan fingerprint density at radius 3 is 1.73 bits per heavy atom. The predicted octanol–water partition coefficient (Wildman–Crippen LogP) is 11.4. The van der Waals surface area contributed by atoms with Crippen molar-refractivity contribution in [1.29, 1.82) is 0 Å². The number of fused-ring (bicyclic) bond motifs is 10. The van der Waals surface area contributed by atoms with Crippen LogP contribution in [0.15, 0.2) is 158 Å². The molecule has 4 heterocycles. The van der Waals surface area contributed by atoms with Crippen molar-refractivity contribution in [3.63, 3.8) is 0 Å². The number of hydrogen-bond donors (Lipinski definition) is 0. The summed E-state index contributed by atoms with van der Waals surface area (Å²) in [5.41, 5.74) is 5.48. The lowest BCUT2D eigenvalue weighted by Crippen LogP contribution is -2.06. The highest BCUT2D eigenvalue weighted by molar-refractivity contribution is 7.26. The Morgan fingerprint density at radius 1 is 0.423 bits per heavy atom. The van der Waals surface area contributed by atoms with Gasteiger partial charge in [-0.3, -0.25) is 4.57 Å². The largest absolute Gasteiger partial charge is 0.277 e. The fourth-order valence-electron chi connectivity index (χ4n) is 7.50. The van der Waals surface area contributed by atoms with Crippen LogP contribution in [0.5, 0.6) is 0 Å². The van der Waals surface area contributed by atoms with Gasteiger partial charge in [0.05, 0.1) is 21.3 Å². The number of hydrogen-bond acceptors (Lipinski definition) is 6. The molecule has 0 saturated heterocycles. The first-order valence-corrected chi connectivity index (χ1v) is 18.0. The van der Waals surface area contributed by atoms with Crippen molar-refractivity contribution < 1.29 is 0 Å². The van der Waals surface area contributed by atoms with Gasteiger partial charge in [0.2, 0.25) is 5.95 Å². The van der Waals surface area contributed by atoms with Gasteiger partial charge in [-0.25, -0.2) is 24.9 Å². The molecule has 52 heavy (non-hydrogen) atoms. The number of rotatable bonds is 4. The second-order valence-electron chi connectivity index (χ2n) is 12.9. The Labute approximate surface area is 301 Å². The van der Waals surface area contributed by atoms with E-state index in [1.807, 2.05) is 60.7 Å². The molecule has 0 aliphatic carbocycles. The normalized spacial score (nSPS) is 11.8. The van der Waals surface area contributed by atoms with Crippen molar-refractivity contribution in [1.82, 2.24) is 29.5 Å². The van der Waals surface area contributed by atoms with Gasteiger partial charge >= 0.3 is 0 Å². The zero-order valence-electron chi connectivity index (χ0n) is 27.6. The lowest BCUT2D eigenvalue weighted by Gasteiger charge is -2.12. The van der Waals surface area contributed by atoms with Crippen molar-refractivity contribution in [3.05, 3.63) is 158 Å². The van der Waals surface area contributed by atoms with Crippen molar-refractivity contribution in [2.24, 2.45) is 0 Å². The van der Waals surface area contributed by atoms with Gasteiger partial charge in [0.25, 0.3) is 0 Å². The van der Waals surface area contributed by atoms with Crippen LogP contribution in [0.1, 0.15) is 0 Å². The summed E-state index contributed by atoms with van der Waals surface area (Å²) in [4.78, 5) is 26.2. The highest BCUT2D eigenvalue weighted by Gasteiger charge is 2.24. The molecule has 0 atom stereocenters. The van der Waals surface area contributed by atoms with E-state index in [4.69, 9.17) is 24.9 Å². The third-order valence-corrected chi connectivity index (χ3v) is 11.0. The second-order valence-corrected chi connectivity index (χ2v) is 13.9. The molecule has 11 rings (SSSR count). The Kier molecular flexibility index (Phi) is 6.32. The van der Waals surface area contributed by atoms with Gasteiger partial charge in [0.15, 0.2) is 17.5 Å². The molecule has 0 aliphatic heterocycles. The summed E-state index contributed by atoms with van der Waals surface area (Å²) in [6.07, 6.45) is 0. The van der Waals surface area contributed by atoms with Crippen molar-refractivity contribution in [3.8, 4) is 40.2 Å². The Hall–Kier alpha value is -6.83. The van der Waals surface area contributed by atoms with Gasteiger partial charge in [-0.15, -0.1) is 11.3 Å². The first kappa shape index (κ1) is 29.0. The van der Waals surface area contributed by atoms with Gasteiger partial charge in [0.1, 0.15) is 5.69 Å². The van der Waals surface area contributed by atoms with E-state index in [0.29, 0.717) is 29.1 Å². The van der Waals surface area contributed by atoms with Gasteiger partial charge < -0.3 is 0 Å². The lowest BCUT2D eigenvalue weighted by atomic mass is 10.0. The van der Waals surface area contributed by atoms with E-state index < -0.39 is 0 Å². The molecular weight excluding hydrogens is 657 g/mol. The summed E-state index contributed by atoms with van der Waals surface area (Å²) in [5, 5.41) is 8.08. The average Bonchev–Trinajstić information content (AvgIpc) is 3.77. The smallest absolute Gasteiger partial charge is 0.236 e. The van der Waals surface area contributed by atoms with Crippen LogP contribution in [-0.4, -0.2) is 29.5 Å². The lowest BCUT2D eigenvalue weighted by molar-refractivity contribution is 1.00. The monoisotopic (exact) mass is 682 g/mol. The van der Waals surface area contributed by atoms with Crippen LogP contribution < -0.4 is 0 Å². The molecule has 0 fully saturated rings. The number of aromatic nitrogens is 6. The summed E-state index contributed by atoms with van der Waals surface area (Å²) >= 11 is 1.67. The van der Waals surface area contributed by atoms with Crippen molar-refractivity contribution in [2.45, 2.75) is 0 Å². The molecular formula is C45H26N6S. The second kappa shape index (κ2) is 11.3. The quantitative estimate of drug-likeness (QED) is 0.185. The molecule has 0 N–H and O–H groups in total. The van der Waals surface area contributed by atoms with Crippen molar-refractivity contribution in [2.75, 3.05) is 0 Å². The van der Waals surface area contributed by atoms with Gasteiger partial charge in [-0.05, 0) is 28.3 Å². The minimum Gasteiger partial charge on any atom is -0.277 e. The third kappa shape index (κ3) is 4.39. The standard InChI is InChI=1S/C45H26N6S/c1-3-15-29(16-4-1)42-48-43(30-17-5-2-6-18-30)50-44(49-42)39-41-38(33-21-11-12-22-36(33)52-41)46-45(47-39)51-35-26-24-27-13-7-9-19-31(27)37(35)34-25-23-28-14-8-10-20-32(28)40(34)51/h1-26H. The molecule has 0 amide bonds. The van der Waals surface area contributed by atoms with Crippen LogP contribution in [0.4, 0.5) is 0 Å². The van der Waals surface area contributed by atoms with E-state index in [1.54, 1.807) is 11.3 Å². The predicted molar refractivity (Wildman–Crippen MR) is 214 cm³/mol. The van der Waals surface area contributed by atoms with Gasteiger partial charge in [0, 0.05) is 37.4 Å². The first-order valence-electron chi connectivity index (χ1n) is 17.2. The molecule has 242 valence electrons. The minimum absolute atomic E-state index is 0.504. The van der Waals surface area contributed by atoms with E-state index in [0.717, 1.165) is 58.6 Å². The maximum atomic E-state index is 5.48. The minimum atomic E-state index is 0.504. The number of benzene rings is 7. The molecule has 7 heteroatoms. The summed E-state index contributed by atoms with van der Waals surface area (Å²) < 4.78 is 4.31. The van der Waals surface area contributed by atoms with E-state index >= 15 is 0 Å². The van der Waals surface area contributed by atoms with Crippen LogP contribution in [0.3, 0.4) is 0 Å². The van der Waals surface area contributed by atoms with E-state index in [1.165, 1.54) is 16.2 Å². The summed E-state index contributed by atoms with van der Waals surface area (Å²) in [7, 11) is 0. The van der Waals surface area contributed by atoms with Crippen LogP contribution in [0.2, 0.25) is 0 Å². The Balaban J connectivity index is 1.29. The molecule has 7 aromatic carbocycles. The number of nitrogens with zero attached hydrogens (tertiary/aromatic N) is 6. The zero-order chi connectivity index (χ0) is 34.2. The molecule has 0 bridgehead atoms. The molecule has 0 radical (unpaired) electrons. The molecule has 0 saturated carbocycles. The summed E-state index contributed by atoms with van der Waals surface area (Å²) in [6.45, 7) is 0. The fraction of sp³-hybridized carbons (Fsp3) is 0. The SMILES string of the molecule is c1ccc(-c2nc(-c3ccccc3)nc(-c3nc(-n4c5ccc6ccccc6c5c5ccc6ccccc6c54)nc4c3sc3ccccc34)n2)cc1. The Bertz CT molecular complexity index is 3130. The van der Waals surface area contributed by atoms with E-state index in [-0.39, 0.29) is 0 Å². The molecule has 0 spiro atoms. The van der Waals surface area contributed by atoms with Gasteiger partial charge in [-0.1, -0.05) is 146 Å². The van der Waals surface area contributed by atoms with Crippen LogP contribution in [0, 0.1) is 0 Å². The fourth-order valence-corrected chi connectivity index (χ4v) is 8.63. The van der Waals surface area contributed by atoms with E-state index in [9.17, 15) is 0 Å². The van der Waals surface area contributed by atoms with Crippen molar-refractivity contribution >= 4 is 75.0 Å². The van der Waals surface area contributed by atoms with Crippen LogP contribution >= 0.6 is 11.3 Å². The highest BCUT2D eigenvalue weighted by atomic mass is 32.1. The van der Waals surface area contributed by atoms with Gasteiger partial charge in [-0.2, -0.15) is 0 Å². The Morgan fingerprint density at radius 2 is 1.00 bits per heavy atom. The molecule has 0 aliphatic rings. The van der Waals surface area contributed by atoms with E-state index in [2.05, 4.69) is 102 Å². The number of thiophene rings is 1. The molecule has 11 aromatic rings. The topological polar surface area (TPSA) is 69.4 Å². The first-order chi connectivity index (χ1) is 25.8. The molecule has 0 unspecified atom stereocenters. The zero-order valence-corrected chi connectivity index (χ0v) is 28.4. The summed E-state index contributed by atoms with van der Waals surface area (Å²) in [6, 6.07) is 54.5. The maximum absolute atomic E-state index is 5.48. The van der Waals surface area contributed by atoms with Crippen LogP contribution in [-0.2, 0) is 0 Å². The maximum Gasteiger partial charge on any atom is 0.236 e.